The fraction of sp³-hybridized carbons (Fsp3) is 0.412. The third-order valence-electron chi connectivity index (χ3n) is 4.53. The molecular formula is C17H20N4O2. The average Bonchev–Trinajstić information content (AvgIpc) is 3.05. The minimum atomic E-state index is -0.336. The first kappa shape index (κ1) is 14.4. The van der Waals surface area contributed by atoms with Gasteiger partial charge in [-0.25, -0.2) is 10.0 Å². The Morgan fingerprint density at radius 3 is 2.70 bits per heavy atom. The number of likely N-dealkylation sites (tertiary alicyclic amines) is 1. The Bertz CT molecular complexity index is 706. The van der Waals surface area contributed by atoms with Crippen LogP contribution in [0.3, 0.4) is 0 Å². The Morgan fingerprint density at radius 1 is 1.22 bits per heavy atom. The quantitative estimate of drug-likeness (QED) is 0.855. The van der Waals surface area contributed by atoms with Gasteiger partial charge in [-0.3, -0.25) is 14.5 Å². The van der Waals surface area contributed by atoms with E-state index in [1.165, 1.54) is 5.06 Å². The number of aryl methyl sites for hydroxylation is 1. The van der Waals surface area contributed by atoms with Gasteiger partial charge in [-0.15, -0.1) is 0 Å². The first-order valence-corrected chi connectivity index (χ1v) is 7.86. The van der Waals surface area contributed by atoms with Crippen LogP contribution < -0.4 is 0 Å². The number of hydrogen-bond acceptors (Lipinski definition) is 4. The zero-order valence-electron chi connectivity index (χ0n) is 13.2. The lowest BCUT2D eigenvalue weighted by atomic mass is 9.91. The number of rotatable bonds is 4. The molecule has 1 aromatic heterocycles. The normalized spacial score (nSPS) is 20.2. The molecule has 0 atom stereocenters. The van der Waals surface area contributed by atoms with Crippen LogP contribution in [0.1, 0.15) is 17.8 Å². The molecule has 2 fully saturated rings. The lowest BCUT2D eigenvalue weighted by molar-refractivity contribution is -0.241. The number of carbonyl (C=O) groups excluding carboxylic acids is 1. The summed E-state index contributed by atoms with van der Waals surface area (Å²) >= 11 is 0. The van der Waals surface area contributed by atoms with Crippen LogP contribution in [0.5, 0.6) is 0 Å². The Morgan fingerprint density at radius 2 is 2.00 bits per heavy atom. The number of aromatic nitrogens is 2. The highest BCUT2D eigenvalue weighted by Gasteiger charge is 2.53. The molecule has 6 heteroatoms. The number of nitrogens with zero attached hydrogens (tertiary/aromatic N) is 4. The predicted octanol–water partition coefficient (Wildman–Crippen LogP) is 1.34. The summed E-state index contributed by atoms with van der Waals surface area (Å²) in [6, 6.07) is 9.94. The zero-order valence-corrected chi connectivity index (χ0v) is 13.2. The molecule has 4 rings (SSSR count). The molecule has 1 aromatic carbocycles. The van der Waals surface area contributed by atoms with E-state index in [1.807, 2.05) is 54.3 Å². The maximum atomic E-state index is 12.2. The fourth-order valence-electron chi connectivity index (χ4n) is 3.35. The molecular weight excluding hydrogens is 292 g/mol. The van der Waals surface area contributed by atoms with Crippen molar-refractivity contribution >= 4 is 5.91 Å². The summed E-state index contributed by atoms with van der Waals surface area (Å²) in [6.45, 7) is 2.86. The van der Waals surface area contributed by atoms with Crippen LogP contribution in [0.25, 0.3) is 0 Å². The van der Waals surface area contributed by atoms with Crippen LogP contribution in [-0.4, -0.2) is 44.1 Å². The number of carbonyl (C=O) groups is 1. The van der Waals surface area contributed by atoms with E-state index in [-0.39, 0.29) is 11.5 Å². The van der Waals surface area contributed by atoms with Crippen molar-refractivity contribution < 1.29 is 9.63 Å². The summed E-state index contributed by atoms with van der Waals surface area (Å²) in [5.41, 5.74) is 0.749. The molecule has 1 amide bonds. The van der Waals surface area contributed by atoms with Crippen LogP contribution in [0.4, 0.5) is 0 Å². The van der Waals surface area contributed by atoms with Gasteiger partial charge in [0.15, 0.2) is 0 Å². The van der Waals surface area contributed by atoms with Gasteiger partial charge in [0.05, 0.1) is 19.5 Å². The van der Waals surface area contributed by atoms with Gasteiger partial charge in [0.25, 0.3) is 0 Å². The maximum absolute atomic E-state index is 12.2. The van der Waals surface area contributed by atoms with E-state index in [9.17, 15) is 4.79 Å². The fourth-order valence-corrected chi connectivity index (χ4v) is 3.35. The third kappa shape index (κ3) is 2.75. The molecule has 6 nitrogen and oxygen atoms in total. The van der Waals surface area contributed by atoms with Crippen molar-refractivity contribution in [2.75, 3.05) is 13.1 Å². The second kappa shape index (κ2) is 5.47. The van der Waals surface area contributed by atoms with Crippen molar-refractivity contribution in [3.8, 4) is 0 Å². The standard InChI is InChI=1S/C17H20N4O2/c1-19-8-7-18-15(19)11-20-12-17(13-20)9-16(22)21(23-17)10-14-5-3-2-4-6-14/h2-8H,9-13H2,1H3. The predicted molar refractivity (Wildman–Crippen MR) is 83.9 cm³/mol. The van der Waals surface area contributed by atoms with Crippen LogP contribution >= 0.6 is 0 Å². The molecule has 0 aliphatic carbocycles. The van der Waals surface area contributed by atoms with Crippen molar-refractivity contribution in [3.63, 3.8) is 0 Å². The number of amides is 1. The highest BCUT2D eigenvalue weighted by molar-refractivity contribution is 5.78. The van der Waals surface area contributed by atoms with E-state index in [2.05, 4.69) is 9.88 Å². The van der Waals surface area contributed by atoms with E-state index in [4.69, 9.17) is 4.84 Å². The first-order chi connectivity index (χ1) is 11.1. The molecule has 120 valence electrons. The monoisotopic (exact) mass is 312 g/mol. The van der Waals surface area contributed by atoms with Gasteiger partial charge < -0.3 is 4.57 Å². The van der Waals surface area contributed by atoms with Crippen molar-refractivity contribution in [3.05, 3.63) is 54.1 Å². The van der Waals surface area contributed by atoms with Crippen LogP contribution in [0.2, 0.25) is 0 Å². The van der Waals surface area contributed by atoms with Gasteiger partial charge in [0, 0.05) is 32.5 Å². The summed E-state index contributed by atoms with van der Waals surface area (Å²) in [5.74, 6) is 1.11. The van der Waals surface area contributed by atoms with E-state index < -0.39 is 0 Å². The first-order valence-electron chi connectivity index (χ1n) is 7.86. The van der Waals surface area contributed by atoms with Crippen LogP contribution in [0.15, 0.2) is 42.7 Å². The number of hydroxylamine groups is 2. The van der Waals surface area contributed by atoms with Gasteiger partial charge in [-0.1, -0.05) is 30.3 Å². The Kier molecular flexibility index (Phi) is 3.43. The molecule has 23 heavy (non-hydrogen) atoms. The molecule has 0 radical (unpaired) electrons. The summed E-state index contributed by atoms with van der Waals surface area (Å²) in [5, 5.41) is 1.52. The van der Waals surface area contributed by atoms with Crippen molar-refractivity contribution in [2.45, 2.75) is 25.1 Å². The molecule has 0 bridgehead atoms. The molecule has 2 aliphatic heterocycles. The largest absolute Gasteiger partial charge is 0.337 e. The van der Waals surface area contributed by atoms with Gasteiger partial charge in [-0.2, -0.15) is 0 Å². The molecule has 2 aromatic rings. The van der Waals surface area contributed by atoms with E-state index in [1.54, 1.807) is 0 Å². The maximum Gasteiger partial charge on any atom is 0.249 e. The average molecular weight is 312 g/mol. The molecule has 1 spiro atoms. The lowest BCUT2D eigenvalue weighted by Crippen LogP contribution is -2.61. The number of hydrogen-bond donors (Lipinski definition) is 0. The Hall–Kier alpha value is -2.18. The highest BCUT2D eigenvalue weighted by atomic mass is 16.7. The second-order valence-corrected chi connectivity index (χ2v) is 6.47. The smallest absolute Gasteiger partial charge is 0.249 e. The second-order valence-electron chi connectivity index (χ2n) is 6.47. The molecule has 2 aliphatic rings. The highest BCUT2D eigenvalue weighted by Crippen LogP contribution is 2.36. The molecule has 2 saturated heterocycles. The van der Waals surface area contributed by atoms with E-state index >= 15 is 0 Å². The number of benzene rings is 1. The van der Waals surface area contributed by atoms with Gasteiger partial charge >= 0.3 is 0 Å². The van der Waals surface area contributed by atoms with Crippen LogP contribution in [-0.2, 0) is 29.8 Å². The van der Waals surface area contributed by atoms with Crippen molar-refractivity contribution in [1.29, 1.82) is 0 Å². The summed E-state index contributed by atoms with van der Waals surface area (Å²) < 4.78 is 2.02. The minimum absolute atomic E-state index is 0.0745. The van der Waals surface area contributed by atoms with Crippen LogP contribution in [0, 0.1) is 0 Å². The molecule has 0 saturated carbocycles. The molecule has 0 N–H and O–H groups in total. The van der Waals surface area contributed by atoms with E-state index in [0.29, 0.717) is 13.0 Å². The summed E-state index contributed by atoms with van der Waals surface area (Å²) in [4.78, 5) is 24.8. The van der Waals surface area contributed by atoms with Gasteiger partial charge in [-0.05, 0) is 5.56 Å². The minimum Gasteiger partial charge on any atom is -0.337 e. The van der Waals surface area contributed by atoms with Gasteiger partial charge in [0.2, 0.25) is 5.91 Å². The zero-order chi connectivity index (χ0) is 15.9. The lowest BCUT2D eigenvalue weighted by Gasteiger charge is -2.45. The third-order valence-corrected chi connectivity index (χ3v) is 4.53. The van der Waals surface area contributed by atoms with Crippen molar-refractivity contribution in [2.24, 2.45) is 7.05 Å². The SMILES string of the molecule is Cn1ccnc1CN1CC2(CC(=O)N(Cc3ccccc3)O2)C1. The molecule has 3 heterocycles. The summed E-state index contributed by atoms with van der Waals surface area (Å²) in [7, 11) is 2.00. The topological polar surface area (TPSA) is 50.6 Å². The van der Waals surface area contributed by atoms with Gasteiger partial charge in [0.1, 0.15) is 11.4 Å². The number of imidazole rings is 1. The Balaban J connectivity index is 1.35. The van der Waals surface area contributed by atoms with Crippen molar-refractivity contribution in [1.82, 2.24) is 19.5 Å². The van der Waals surface area contributed by atoms with E-state index in [0.717, 1.165) is 31.0 Å². The molecule has 0 unspecified atom stereocenters. The Labute approximate surface area is 135 Å². The summed E-state index contributed by atoms with van der Waals surface area (Å²) in [6.07, 6.45) is 4.22.